The maximum Gasteiger partial charge on any atom is 0.148 e. The van der Waals surface area contributed by atoms with E-state index in [4.69, 9.17) is 11.2 Å². The molecule has 0 unspecified atom stereocenters. The monoisotopic (exact) mass is 260 g/mol. The summed E-state index contributed by atoms with van der Waals surface area (Å²) in [6.45, 7) is 0.308. The molecule has 0 bridgehead atoms. The van der Waals surface area contributed by atoms with Gasteiger partial charge < -0.3 is 4.74 Å². The van der Waals surface area contributed by atoms with Crippen LogP contribution in [0.2, 0.25) is 0 Å². The molecule has 0 saturated carbocycles. The summed E-state index contributed by atoms with van der Waals surface area (Å²) in [6.07, 6.45) is 5.13. The molecule has 0 atom stereocenters. The number of rotatable bonds is 2. The van der Waals surface area contributed by atoms with Crippen LogP contribution in [0.5, 0.6) is 5.75 Å². The molecule has 15 heavy (non-hydrogen) atoms. The van der Waals surface area contributed by atoms with Crippen LogP contribution in [-0.2, 0) is 0 Å². The van der Waals surface area contributed by atoms with E-state index in [1.54, 1.807) is 0 Å². The van der Waals surface area contributed by atoms with Crippen LogP contribution in [0.1, 0.15) is 0 Å². The summed E-state index contributed by atoms with van der Waals surface area (Å²) in [6, 6.07) is 12.0. The molecule has 0 radical (unpaired) electrons. The highest BCUT2D eigenvalue weighted by Gasteiger charge is 1.97. The van der Waals surface area contributed by atoms with Crippen LogP contribution in [0.25, 0.3) is 10.8 Å². The first-order valence-electron chi connectivity index (χ1n) is 4.55. The minimum atomic E-state index is 0.308. The lowest BCUT2D eigenvalue weighted by Gasteiger charge is -2.04. The van der Waals surface area contributed by atoms with Gasteiger partial charge in [0.25, 0.3) is 0 Å². The van der Waals surface area contributed by atoms with Crippen molar-refractivity contribution >= 4 is 26.7 Å². The van der Waals surface area contributed by atoms with Crippen molar-refractivity contribution in [2.45, 2.75) is 0 Å². The Morgan fingerprint density at radius 1 is 1.13 bits per heavy atom. The average Bonchev–Trinajstić information content (AvgIpc) is 2.26. The van der Waals surface area contributed by atoms with E-state index in [0.717, 1.165) is 15.6 Å². The van der Waals surface area contributed by atoms with Gasteiger partial charge in [-0.1, -0.05) is 34.0 Å². The first-order chi connectivity index (χ1) is 7.29. The summed E-state index contributed by atoms with van der Waals surface area (Å²) in [5, 5.41) is 2.32. The number of hydrogen-bond acceptors (Lipinski definition) is 1. The van der Waals surface area contributed by atoms with E-state index in [1.807, 2.05) is 30.3 Å². The number of halogens is 1. The van der Waals surface area contributed by atoms with E-state index >= 15 is 0 Å². The Kier molecular flexibility index (Phi) is 2.94. The van der Waals surface area contributed by atoms with Gasteiger partial charge in [0.2, 0.25) is 0 Å². The van der Waals surface area contributed by atoms with Crippen LogP contribution in [-0.4, -0.2) is 6.61 Å². The van der Waals surface area contributed by atoms with E-state index in [0.29, 0.717) is 6.61 Å². The zero-order chi connectivity index (χ0) is 10.7. The molecule has 74 valence electrons. The van der Waals surface area contributed by atoms with Crippen molar-refractivity contribution in [2.75, 3.05) is 6.61 Å². The van der Waals surface area contributed by atoms with Crippen LogP contribution >= 0.6 is 15.9 Å². The smallest absolute Gasteiger partial charge is 0.148 e. The second-order valence-electron chi connectivity index (χ2n) is 3.15. The third-order valence-corrected chi connectivity index (χ3v) is 2.59. The Bertz CT molecular complexity index is 526. The lowest BCUT2D eigenvalue weighted by atomic mass is 10.1. The van der Waals surface area contributed by atoms with E-state index < -0.39 is 0 Å². The van der Waals surface area contributed by atoms with Crippen molar-refractivity contribution in [2.24, 2.45) is 0 Å². The molecule has 0 N–H and O–H groups in total. The Hall–Kier alpha value is -1.46. The Morgan fingerprint density at radius 2 is 1.87 bits per heavy atom. The van der Waals surface area contributed by atoms with Crippen molar-refractivity contribution in [3.8, 4) is 18.1 Å². The highest BCUT2D eigenvalue weighted by atomic mass is 79.9. The maximum absolute atomic E-state index is 5.35. The summed E-state index contributed by atoms with van der Waals surface area (Å²) in [4.78, 5) is 0. The van der Waals surface area contributed by atoms with Crippen molar-refractivity contribution in [1.29, 1.82) is 0 Å². The maximum atomic E-state index is 5.35. The van der Waals surface area contributed by atoms with Crippen molar-refractivity contribution in [1.82, 2.24) is 0 Å². The molecular weight excluding hydrogens is 252 g/mol. The van der Waals surface area contributed by atoms with E-state index in [1.165, 1.54) is 5.39 Å². The number of terminal acetylenes is 1. The second-order valence-corrected chi connectivity index (χ2v) is 4.06. The van der Waals surface area contributed by atoms with Crippen LogP contribution in [0.3, 0.4) is 0 Å². The van der Waals surface area contributed by atoms with Gasteiger partial charge in [0, 0.05) is 4.47 Å². The lowest BCUT2D eigenvalue weighted by Crippen LogP contribution is -1.92. The molecule has 0 saturated heterocycles. The molecule has 2 rings (SSSR count). The third kappa shape index (κ3) is 2.31. The molecule has 0 aliphatic rings. The summed E-state index contributed by atoms with van der Waals surface area (Å²) >= 11 is 3.44. The summed E-state index contributed by atoms with van der Waals surface area (Å²) in [7, 11) is 0. The normalized spacial score (nSPS) is 9.87. The van der Waals surface area contributed by atoms with Gasteiger partial charge in [-0.3, -0.25) is 0 Å². The zero-order valence-corrected chi connectivity index (χ0v) is 9.62. The number of benzene rings is 2. The molecule has 2 aromatic carbocycles. The predicted octanol–water partition coefficient (Wildman–Crippen LogP) is 3.61. The fraction of sp³-hybridized carbons (Fsp3) is 0.0769. The molecule has 0 aromatic heterocycles. The number of ether oxygens (including phenoxy) is 1. The summed E-state index contributed by atoms with van der Waals surface area (Å²) < 4.78 is 6.42. The fourth-order valence-electron chi connectivity index (χ4n) is 1.41. The molecule has 0 amide bonds. The molecular formula is C13H9BrO. The molecule has 0 fully saturated rings. The van der Waals surface area contributed by atoms with Crippen LogP contribution in [0, 0.1) is 12.3 Å². The Morgan fingerprint density at radius 3 is 2.67 bits per heavy atom. The van der Waals surface area contributed by atoms with Gasteiger partial charge in [0.15, 0.2) is 0 Å². The molecule has 0 aliphatic carbocycles. The number of fused-ring (bicyclic) bond motifs is 1. The zero-order valence-electron chi connectivity index (χ0n) is 8.03. The lowest BCUT2D eigenvalue weighted by molar-refractivity contribution is 0.371. The Balaban J connectivity index is 2.40. The minimum Gasteiger partial charge on any atom is -0.481 e. The van der Waals surface area contributed by atoms with Gasteiger partial charge in [-0.05, 0) is 35.0 Å². The van der Waals surface area contributed by atoms with Crippen LogP contribution in [0.4, 0.5) is 0 Å². The Labute approximate surface area is 97.2 Å². The largest absolute Gasteiger partial charge is 0.481 e. The van der Waals surface area contributed by atoms with Crippen molar-refractivity contribution in [3.63, 3.8) is 0 Å². The summed E-state index contributed by atoms with van der Waals surface area (Å²) in [5.74, 6) is 3.25. The molecule has 1 nitrogen and oxygen atoms in total. The van der Waals surface area contributed by atoms with Gasteiger partial charge in [-0.25, -0.2) is 0 Å². The van der Waals surface area contributed by atoms with Gasteiger partial charge >= 0.3 is 0 Å². The van der Waals surface area contributed by atoms with E-state index in [2.05, 4.69) is 27.9 Å². The molecule has 0 aliphatic heterocycles. The summed E-state index contributed by atoms with van der Waals surface area (Å²) in [5.41, 5.74) is 0. The minimum absolute atomic E-state index is 0.308. The van der Waals surface area contributed by atoms with Crippen LogP contribution < -0.4 is 4.74 Å². The quantitative estimate of drug-likeness (QED) is 0.750. The second kappa shape index (κ2) is 4.37. The third-order valence-electron chi connectivity index (χ3n) is 2.10. The number of hydrogen-bond donors (Lipinski definition) is 0. The van der Waals surface area contributed by atoms with Gasteiger partial charge in [0.1, 0.15) is 12.4 Å². The van der Waals surface area contributed by atoms with Crippen molar-refractivity contribution in [3.05, 3.63) is 40.9 Å². The van der Waals surface area contributed by atoms with E-state index in [9.17, 15) is 0 Å². The molecule has 2 aromatic rings. The SMILES string of the molecule is C#CCOc1ccc2cc(Br)ccc2c1. The first kappa shape index (κ1) is 10.1. The highest BCUT2D eigenvalue weighted by molar-refractivity contribution is 9.10. The molecule has 2 heteroatoms. The molecule has 0 heterocycles. The van der Waals surface area contributed by atoms with Gasteiger partial charge in [-0.15, -0.1) is 6.42 Å². The standard InChI is InChI=1S/C13H9BrO/c1-2-7-15-13-6-4-10-8-12(14)5-3-11(10)9-13/h1,3-6,8-9H,7H2. The highest BCUT2D eigenvalue weighted by Crippen LogP contribution is 2.23. The average molecular weight is 261 g/mol. The van der Waals surface area contributed by atoms with E-state index in [-0.39, 0.29) is 0 Å². The fourth-order valence-corrected chi connectivity index (χ4v) is 1.79. The predicted molar refractivity (Wildman–Crippen MR) is 66.0 cm³/mol. The topological polar surface area (TPSA) is 9.23 Å². The first-order valence-corrected chi connectivity index (χ1v) is 5.34. The van der Waals surface area contributed by atoms with Crippen molar-refractivity contribution < 1.29 is 4.74 Å². The van der Waals surface area contributed by atoms with Gasteiger partial charge in [-0.2, -0.15) is 0 Å². The van der Waals surface area contributed by atoms with Gasteiger partial charge in [0.05, 0.1) is 0 Å². The molecule has 0 spiro atoms. The van der Waals surface area contributed by atoms with Crippen LogP contribution in [0.15, 0.2) is 40.9 Å².